The zero-order chi connectivity index (χ0) is 19.6. The molecule has 2 aromatic heterocycles. The number of fused-ring (bicyclic) bond motifs is 1. The fraction of sp³-hybridized carbons (Fsp3) is 0.250. The Morgan fingerprint density at radius 2 is 2.07 bits per heavy atom. The molecule has 3 aromatic rings. The van der Waals surface area contributed by atoms with Crippen molar-refractivity contribution in [2.24, 2.45) is 5.92 Å². The van der Waals surface area contributed by atoms with E-state index in [2.05, 4.69) is 15.6 Å². The third-order valence-electron chi connectivity index (χ3n) is 4.31. The van der Waals surface area contributed by atoms with E-state index < -0.39 is 12.1 Å². The van der Waals surface area contributed by atoms with Crippen LogP contribution in [0.5, 0.6) is 0 Å². The van der Waals surface area contributed by atoms with E-state index in [1.54, 1.807) is 12.1 Å². The Kier molecular flexibility index (Phi) is 5.08. The normalized spacial score (nSPS) is 12.0. The van der Waals surface area contributed by atoms with Gasteiger partial charge < -0.3 is 15.1 Å². The van der Waals surface area contributed by atoms with Gasteiger partial charge in [-0.1, -0.05) is 13.8 Å². The molecule has 2 N–H and O–H groups in total. The van der Waals surface area contributed by atoms with E-state index in [-0.39, 0.29) is 17.4 Å². The Hall–Kier alpha value is -3.40. The summed E-state index contributed by atoms with van der Waals surface area (Å²) in [4.78, 5) is 16.3. The second-order valence-corrected chi connectivity index (χ2v) is 6.60. The number of halogens is 1. The largest absolute Gasteiger partial charge is 0.459 e. The molecular formula is C20H19FN4O2. The molecule has 7 heteroatoms. The molecule has 27 heavy (non-hydrogen) atoms. The summed E-state index contributed by atoms with van der Waals surface area (Å²) in [6.07, 6.45) is 1.41. The van der Waals surface area contributed by atoms with Crippen molar-refractivity contribution in [3.05, 3.63) is 59.4 Å². The first-order valence-corrected chi connectivity index (χ1v) is 8.51. The van der Waals surface area contributed by atoms with Crippen molar-refractivity contribution in [2.45, 2.75) is 26.8 Å². The number of aromatic nitrogens is 1. The van der Waals surface area contributed by atoms with Crippen molar-refractivity contribution in [2.75, 3.05) is 5.32 Å². The van der Waals surface area contributed by atoms with E-state index in [1.807, 2.05) is 26.8 Å². The van der Waals surface area contributed by atoms with Gasteiger partial charge in [-0.3, -0.25) is 0 Å². The summed E-state index contributed by atoms with van der Waals surface area (Å²) in [5.74, 6) is 0.302. The SMILES string of the molecule is Cc1c(C(NC(=O)Nc2ccc(C#N)nc2)C(C)C)oc2ccc(F)cc12. The maximum atomic E-state index is 13.5. The minimum atomic E-state index is -0.425. The third-order valence-corrected chi connectivity index (χ3v) is 4.31. The zero-order valence-corrected chi connectivity index (χ0v) is 15.2. The van der Waals surface area contributed by atoms with Gasteiger partial charge in [0, 0.05) is 10.9 Å². The first-order valence-electron chi connectivity index (χ1n) is 8.51. The lowest BCUT2D eigenvalue weighted by Gasteiger charge is -2.21. The number of pyridine rings is 1. The van der Waals surface area contributed by atoms with Crippen LogP contribution in [0.4, 0.5) is 14.9 Å². The number of amides is 2. The third kappa shape index (κ3) is 3.90. The number of carbonyl (C=O) groups excluding carboxylic acids is 1. The quantitative estimate of drug-likeness (QED) is 0.702. The summed E-state index contributed by atoms with van der Waals surface area (Å²) in [5.41, 5.74) is 2.11. The van der Waals surface area contributed by atoms with Crippen LogP contribution in [0.2, 0.25) is 0 Å². The van der Waals surface area contributed by atoms with Crippen LogP contribution in [0.15, 0.2) is 40.9 Å². The molecular weight excluding hydrogens is 347 g/mol. The second kappa shape index (κ2) is 7.46. The highest BCUT2D eigenvalue weighted by Crippen LogP contribution is 2.33. The first-order chi connectivity index (χ1) is 12.9. The number of hydrogen-bond donors (Lipinski definition) is 2. The van der Waals surface area contributed by atoms with Crippen molar-refractivity contribution in [3.63, 3.8) is 0 Å². The summed E-state index contributed by atoms with van der Waals surface area (Å²) >= 11 is 0. The van der Waals surface area contributed by atoms with Crippen molar-refractivity contribution in [1.29, 1.82) is 5.26 Å². The van der Waals surface area contributed by atoms with Gasteiger partial charge in [0.15, 0.2) is 0 Å². The van der Waals surface area contributed by atoms with Gasteiger partial charge in [-0.25, -0.2) is 14.2 Å². The summed E-state index contributed by atoms with van der Waals surface area (Å²) in [5, 5.41) is 15.0. The molecule has 1 atom stereocenters. The average molecular weight is 366 g/mol. The standard InChI is InChI=1S/C20H19FN4O2/c1-11(2)18(19-12(3)16-8-13(21)4-7-17(16)27-19)25-20(26)24-15-6-5-14(9-22)23-10-15/h4-8,10-11,18H,1-3H3,(H2,24,25,26). The van der Waals surface area contributed by atoms with Gasteiger partial charge in [0.2, 0.25) is 0 Å². The smallest absolute Gasteiger partial charge is 0.319 e. The predicted molar refractivity (Wildman–Crippen MR) is 99.6 cm³/mol. The van der Waals surface area contributed by atoms with Crippen LogP contribution >= 0.6 is 0 Å². The molecule has 2 heterocycles. The zero-order valence-electron chi connectivity index (χ0n) is 15.2. The van der Waals surface area contributed by atoms with E-state index in [9.17, 15) is 9.18 Å². The van der Waals surface area contributed by atoms with Crippen LogP contribution in [-0.2, 0) is 0 Å². The lowest BCUT2D eigenvalue weighted by Crippen LogP contribution is -2.35. The Bertz CT molecular complexity index is 1020. The number of rotatable bonds is 4. The molecule has 138 valence electrons. The molecule has 0 saturated heterocycles. The fourth-order valence-corrected chi connectivity index (χ4v) is 2.89. The molecule has 0 aliphatic rings. The summed E-state index contributed by atoms with van der Waals surface area (Å²) in [6.45, 7) is 5.77. The van der Waals surface area contributed by atoms with Gasteiger partial charge in [0.05, 0.1) is 17.9 Å². The molecule has 1 unspecified atom stereocenters. The monoisotopic (exact) mass is 366 g/mol. The summed E-state index contributed by atoms with van der Waals surface area (Å²) < 4.78 is 19.4. The van der Waals surface area contributed by atoms with Gasteiger partial charge in [-0.05, 0) is 43.2 Å². The fourth-order valence-electron chi connectivity index (χ4n) is 2.89. The molecule has 0 bridgehead atoms. The molecule has 1 aromatic carbocycles. The number of hydrogen-bond acceptors (Lipinski definition) is 4. The number of furan rings is 1. The number of carbonyl (C=O) groups is 1. The molecule has 0 radical (unpaired) electrons. The molecule has 0 saturated carbocycles. The predicted octanol–water partition coefficient (Wildman–Crippen LogP) is 4.67. The van der Waals surface area contributed by atoms with Crippen LogP contribution in [0.1, 0.15) is 36.9 Å². The minimum Gasteiger partial charge on any atom is -0.459 e. The second-order valence-electron chi connectivity index (χ2n) is 6.60. The van der Waals surface area contributed by atoms with Gasteiger partial charge >= 0.3 is 6.03 Å². The Labute approximate surface area is 156 Å². The first kappa shape index (κ1) is 18.4. The molecule has 0 aliphatic heterocycles. The molecule has 0 aliphatic carbocycles. The highest BCUT2D eigenvalue weighted by Gasteiger charge is 2.25. The van der Waals surface area contributed by atoms with Crippen molar-refractivity contribution < 1.29 is 13.6 Å². The van der Waals surface area contributed by atoms with Crippen LogP contribution in [0, 0.1) is 30.0 Å². The molecule has 6 nitrogen and oxygen atoms in total. The van der Waals surface area contributed by atoms with E-state index >= 15 is 0 Å². The van der Waals surface area contributed by atoms with Crippen LogP contribution < -0.4 is 10.6 Å². The van der Waals surface area contributed by atoms with Crippen molar-refractivity contribution in [3.8, 4) is 6.07 Å². The minimum absolute atomic E-state index is 0.0407. The lowest BCUT2D eigenvalue weighted by atomic mass is 9.98. The van der Waals surface area contributed by atoms with Gasteiger partial charge in [0.1, 0.15) is 28.9 Å². The van der Waals surface area contributed by atoms with E-state index in [4.69, 9.17) is 9.68 Å². The number of benzene rings is 1. The van der Waals surface area contributed by atoms with Gasteiger partial charge in [-0.15, -0.1) is 0 Å². The lowest BCUT2D eigenvalue weighted by molar-refractivity contribution is 0.241. The Morgan fingerprint density at radius 3 is 2.70 bits per heavy atom. The van der Waals surface area contributed by atoms with Crippen LogP contribution in [0.25, 0.3) is 11.0 Å². The molecule has 2 amide bonds. The number of nitriles is 1. The van der Waals surface area contributed by atoms with E-state index in [1.165, 1.54) is 24.4 Å². The van der Waals surface area contributed by atoms with Crippen molar-refractivity contribution >= 4 is 22.7 Å². The van der Waals surface area contributed by atoms with Crippen molar-refractivity contribution in [1.82, 2.24) is 10.3 Å². The number of nitrogens with zero attached hydrogens (tertiary/aromatic N) is 2. The molecule has 0 fully saturated rings. The molecule has 3 rings (SSSR count). The number of urea groups is 1. The average Bonchev–Trinajstić information content (AvgIpc) is 2.96. The van der Waals surface area contributed by atoms with Gasteiger partial charge in [-0.2, -0.15) is 5.26 Å². The Balaban J connectivity index is 1.82. The molecule has 0 spiro atoms. The van der Waals surface area contributed by atoms with E-state index in [0.717, 1.165) is 5.56 Å². The number of nitrogens with one attached hydrogen (secondary N) is 2. The van der Waals surface area contributed by atoms with E-state index in [0.29, 0.717) is 22.4 Å². The Morgan fingerprint density at radius 1 is 1.30 bits per heavy atom. The topological polar surface area (TPSA) is 91.0 Å². The van der Waals surface area contributed by atoms with Gasteiger partial charge in [0.25, 0.3) is 0 Å². The summed E-state index contributed by atoms with van der Waals surface area (Å²) in [6, 6.07) is 8.58. The number of anilines is 1. The number of aryl methyl sites for hydroxylation is 1. The maximum absolute atomic E-state index is 13.5. The van der Waals surface area contributed by atoms with Crippen LogP contribution in [0.3, 0.4) is 0 Å². The highest BCUT2D eigenvalue weighted by atomic mass is 19.1. The maximum Gasteiger partial charge on any atom is 0.319 e. The summed E-state index contributed by atoms with van der Waals surface area (Å²) in [7, 11) is 0. The van der Waals surface area contributed by atoms with Crippen LogP contribution in [-0.4, -0.2) is 11.0 Å². The highest BCUT2D eigenvalue weighted by molar-refractivity contribution is 5.89.